The van der Waals surface area contributed by atoms with E-state index in [4.69, 9.17) is 16.2 Å². The smallest absolute Gasteiger partial charge is 0.174 e. The molecular weight excluding hydrogens is 155 g/mol. The van der Waals surface area contributed by atoms with E-state index in [-0.39, 0.29) is 12.2 Å². The lowest BCUT2D eigenvalue weighted by molar-refractivity contribution is 0.432. The molecule has 0 aromatic rings. The summed E-state index contributed by atoms with van der Waals surface area (Å²) in [4.78, 5) is 0. The third-order valence-corrected chi connectivity index (χ3v) is 1.31. The van der Waals surface area contributed by atoms with E-state index in [1.54, 1.807) is 0 Å². The minimum atomic E-state index is -1.91. The topological polar surface area (TPSA) is 37.3 Å². The van der Waals surface area contributed by atoms with E-state index in [0.717, 1.165) is 0 Å². The summed E-state index contributed by atoms with van der Waals surface area (Å²) in [5.74, 6) is -0.0926. The maximum atomic E-state index is 11.6. The molecule has 2 unspecified atom stereocenters. The zero-order valence-corrected chi connectivity index (χ0v) is 5.58. The molecular formula is C3H6ClFO2S. The second kappa shape index (κ2) is 4.23. The Morgan fingerprint density at radius 2 is 2.38 bits per heavy atom. The van der Waals surface area contributed by atoms with Crippen molar-refractivity contribution < 1.29 is 13.2 Å². The molecule has 0 saturated heterocycles. The van der Waals surface area contributed by atoms with Gasteiger partial charge in [0.25, 0.3) is 0 Å². The van der Waals surface area contributed by atoms with Gasteiger partial charge in [0.15, 0.2) is 16.7 Å². The first kappa shape index (κ1) is 8.33. The standard InChI is InChI=1S/C3H6ClFO2S/c4-3(5)1-2-8(6)7/h3H,1-2H2,(H,6,7). The first-order valence-electron chi connectivity index (χ1n) is 1.98. The highest BCUT2D eigenvalue weighted by atomic mass is 35.5. The molecule has 50 valence electrons. The van der Waals surface area contributed by atoms with E-state index in [1.807, 2.05) is 0 Å². The number of alkyl halides is 2. The molecule has 1 N–H and O–H groups in total. The van der Waals surface area contributed by atoms with Crippen LogP contribution in [0.25, 0.3) is 0 Å². The molecule has 0 aliphatic carbocycles. The van der Waals surface area contributed by atoms with Gasteiger partial charge in [-0.25, -0.2) is 8.60 Å². The fourth-order valence-corrected chi connectivity index (χ4v) is 0.837. The van der Waals surface area contributed by atoms with Gasteiger partial charge in [-0.2, -0.15) is 0 Å². The zero-order valence-electron chi connectivity index (χ0n) is 4.01. The third kappa shape index (κ3) is 6.33. The van der Waals surface area contributed by atoms with Crippen molar-refractivity contribution in [3.05, 3.63) is 0 Å². The van der Waals surface area contributed by atoms with Crippen LogP contribution < -0.4 is 0 Å². The molecule has 0 aromatic carbocycles. The molecule has 2 nitrogen and oxygen atoms in total. The molecule has 0 aromatic heterocycles. The van der Waals surface area contributed by atoms with Crippen LogP contribution in [0, 0.1) is 0 Å². The molecule has 8 heavy (non-hydrogen) atoms. The lowest BCUT2D eigenvalue weighted by atomic mass is 10.5. The fourth-order valence-electron chi connectivity index (χ4n) is 0.190. The van der Waals surface area contributed by atoms with E-state index < -0.39 is 16.7 Å². The van der Waals surface area contributed by atoms with Gasteiger partial charge in [0.2, 0.25) is 0 Å². The Balaban J connectivity index is 3.05. The third-order valence-electron chi connectivity index (χ3n) is 0.511. The zero-order chi connectivity index (χ0) is 6.57. The van der Waals surface area contributed by atoms with E-state index in [2.05, 4.69) is 0 Å². The summed E-state index contributed by atoms with van der Waals surface area (Å²) in [6, 6.07) is 0. The van der Waals surface area contributed by atoms with Crippen molar-refractivity contribution in [2.24, 2.45) is 0 Å². The van der Waals surface area contributed by atoms with Gasteiger partial charge in [0, 0.05) is 6.42 Å². The fraction of sp³-hybridized carbons (Fsp3) is 1.00. The van der Waals surface area contributed by atoms with Crippen LogP contribution in [0.15, 0.2) is 0 Å². The molecule has 0 fully saturated rings. The first-order chi connectivity index (χ1) is 3.63. The summed E-state index contributed by atoms with van der Waals surface area (Å²) < 4.78 is 29.4. The van der Waals surface area contributed by atoms with Gasteiger partial charge < -0.3 is 4.55 Å². The van der Waals surface area contributed by atoms with Crippen molar-refractivity contribution in [1.29, 1.82) is 0 Å². The number of hydrogen-bond acceptors (Lipinski definition) is 1. The minimum absolute atomic E-state index is 0.0648. The van der Waals surface area contributed by atoms with Gasteiger partial charge in [-0.3, -0.25) is 0 Å². The van der Waals surface area contributed by atoms with Crippen molar-refractivity contribution in [2.45, 2.75) is 12.1 Å². The van der Waals surface area contributed by atoms with Gasteiger partial charge >= 0.3 is 0 Å². The Morgan fingerprint density at radius 1 is 1.88 bits per heavy atom. The maximum absolute atomic E-state index is 11.6. The highest BCUT2D eigenvalue weighted by Gasteiger charge is 2.01. The van der Waals surface area contributed by atoms with Crippen LogP contribution >= 0.6 is 11.6 Å². The van der Waals surface area contributed by atoms with Crippen molar-refractivity contribution in [1.82, 2.24) is 0 Å². The van der Waals surface area contributed by atoms with E-state index in [9.17, 15) is 8.60 Å². The lowest BCUT2D eigenvalue weighted by Gasteiger charge is -1.92. The highest BCUT2D eigenvalue weighted by molar-refractivity contribution is 7.79. The Hall–Kier alpha value is 0.330. The normalized spacial score (nSPS) is 17.9. The lowest BCUT2D eigenvalue weighted by Crippen LogP contribution is -1.99. The van der Waals surface area contributed by atoms with Crippen molar-refractivity contribution in [3.63, 3.8) is 0 Å². The Labute approximate surface area is 54.3 Å². The van der Waals surface area contributed by atoms with Gasteiger partial charge in [-0.1, -0.05) is 11.6 Å². The van der Waals surface area contributed by atoms with Crippen molar-refractivity contribution in [3.8, 4) is 0 Å². The highest BCUT2D eigenvalue weighted by Crippen LogP contribution is 2.02. The molecule has 0 rings (SSSR count). The quantitative estimate of drug-likeness (QED) is 0.497. The SMILES string of the molecule is O=S(O)CCC(F)Cl. The van der Waals surface area contributed by atoms with Crippen LogP contribution in [-0.4, -0.2) is 20.1 Å². The Morgan fingerprint density at radius 3 is 2.50 bits per heavy atom. The molecule has 2 atom stereocenters. The Kier molecular flexibility index (Phi) is 4.41. The van der Waals surface area contributed by atoms with Crippen molar-refractivity contribution in [2.75, 3.05) is 5.75 Å². The predicted octanol–water partition coefficient (Wildman–Crippen LogP) is 1.13. The van der Waals surface area contributed by atoms with Crippen molar-refractivity contribution >= 4 is 22.7 Å². The molecule has 0 bridgehead atoms. The molecule has 0 heterocycles. The second-order valence-electron chi connectivity index (χ2n) is 1.21. The van der Waals surface area contributed by atoms with Crippen LogP contribution in [0.4, 0.5) is 4.39 Å². The average Bonchev–Trinajstić information content (AvgIpc) is 1.61. The van der Waals surface area contributed by atoms with Crippen LogP contribution in [-0.2, 0) is 11.1 Å². The number of hydrogen-bond donors (Lipinski definition) is 1. The molecule has 0 aliphatic rings. The van der Waals surface area contributed by atoms with E-state index >= 15 is 0 Å². The summed E-state index contributed by atoms with van der Waals surface area (Å²) in [6.07, 6.45) is -0.0648. The molecule has 0 radical (unpaired) electrons. The van der Waals surface area contributed by atoms with Crippen LogP contribution in [0.3, 0.4) is 0 Å². The summed E-state index contributed by atoms with van der Waals surface area (Å²) in [6.45, 7) is 0. The average molecular weight is 161 g/mol. The predicted molar refractivity (Wildman–Crippen MR) is 31.0 cm³/mol. The van der Waals surface area contributed by atoms with Gasteiger partial charge in [0.05, 0.1) is 5.75 Å². The summed E-state index contributed by atoms with van der Waals surface area (Å²) >= 11 is 2.90. The largest absolute Gasteiger partial charge is 0.306 e. The van der Waals surface area contributed by atoms with E-state index in [0.29, 0.717) is 0 Å². The summed E-state index contributed by atoms with van der Waals surface area (Å²) in [5, 5.41) is 0. The summed E-state index contributed by atoms with van der Waals surface area (Å²) in [7, 11) is 0. The monoisotopic (exact) mass is 160 g/mol. The second-order valence-corrected chi connectivity index (χ2v) is 2.73. The molecule has 0 saturated carbocycles. The molecule has 5 heteroatoms. The van der Waals surface area contributed by atoms with Gasteiger partial charge in [0.1, 0.15) is 0 Å². The number of rotatable bonds is 3. The minimum Gasteiger partial charge on any atom is -0.306 e. The molecule has 0 spiro atoms. The van der Waals surface area contributed by atoms with Crippen LogP contribution in [0.2, 0.25) is 0 Å². The van der Waals surface area contributed by atoms with Crippen LogP contribution in [0.5, 0.6) is 0 Å². The first-order valence-corrected chi connectivity index (χ1v) is 3.69. The van der Waals surface area contributed by atoms with Crippen LogP contribution in [0.1, 0.15) is 6.42 Å². The Bertz CT molecular complexity index is 87.4. The maximum Gasteiger partial charge on any atom is 0.174 e. The number of halogens is 2. The van der Waals surface area contributed by atoms with Gasteiger partial charge in [-0.05, 0) is 0 Å². The van der Waals surface area contributed by atoms with Gasteiger partial charge in [-0.15, -0.1) is 0 Å². The molecule has 0 aliphatic heterocycles. The van der Waals surface area contributed by atoms with E-state index in [1.165, 1.54) is 0 Å². The summed E-state index contributed by atoms with van der Waals surface area (Å²) in [5.41, 5.74) is -1.49. The molecule has 0 amide bonds.